The zero-order valence-electron chi connectivity index (χ0n) is 11.6. The number of hydrazone groups is 1. The highest BCUT2D eigenvalue weighted by molar-refractivity contribution is 5.81. The third-order valence-corrected chi connectivity index (χ3v) is 2.92. The highest BCUT2D eigenvalue weighted by Crippen LogP contribution is 2.14. The van der Waals surface area contributed by atoms with Crippen molar-refractivity contribution in [3.8, 4) is 0 Å². The van der Waals surface area contributed by atoms with Crippen molar-refractivity contribution < 1.29 is 4.63 Å². The molecule has 0 radical (unpaired) electrons. The maximum absolute atomic E-state index is 5.49. The summed E-state index contributed by atoms with van der Waals surface area (Å²) in [7, 11) is 0. The molecule has 0 unspecified atom stereocenters. The molecule has 1 aromatic carbocycles. The van der Waals surface area contributed by atoms with Gasteiger partial charge in [0.2, 0.25) is 11.6 Å². The largest absolute Gasteiger partial charge is 0.378 e. The van der Waals surface area contributed by atoms with Gasteiger partial charge in [-0.2, -0.15) is 5.10 Å². The molecule has 20 heavy (non-hydrogen) atoms. The lowest BCUT2D eigenvalue weighted by atomic mass is 10.2. The monoisotopic (exact) mass is 274 g/mol. The van der Waals surface area contributed by atoms with Crippen LogP contribution in [-0.2, 0) is 0 Å². The molecular weight excluding hydrogens is 256 g/mol. The Morgan fingerprint density at radius 3 is 2.50 bits per heavy atom. The van der Waals surface area contributed by atoms with Gasteiger partial charge in [0.25, 0.3) is 0 Å². The fourth-order valence-electron chi connectivity index (χ4n) is 1.80. The number of anilines is 3. The maximum atomic E-state index is 5.49. The number of nitrogens with zero attached hydrogens (tertiary/aromatic N) is 4. The van der Waals surface area contributed by atoms with Crippen LogP contribution in [0.3, 0.4) is 0 Å². The van der Waals surface area contributed by atoms with Crippen molar-refractivity contribution >= 4 is 23.5 Å². The van der Waals surface area contributed by atoms with E-state index in [-0.39, 0.29) is 5.82 Å². The van der Waals surface area contributed by atoms with E-state index in [4.69, 9.17) is 5.73 Å². The first kappa shape index (κ1) is 13.9. The SMILES string of the molecule is CCN(CC)c1ccc(/C=N\Nc2nonc2N)cc1. The van der Waals surface area contributed by atoms with Crippen LogP contribution in [0.15, 0.2) is 34.0 Å². The van der Waals surface area contributed by atoms with Crippen LogP contribution in [0, 0.1) is 0 Å². The summed E-state index contributed by atoms with van der Waals surface area (Å²) in [5.41, 5.74) is 10.3. The Kier molecular flexibility index (Phi) is 4.54. The lowest BCUT2D eigenvalue weighted by Crippen LogP contribution is -2.21. The van der Waals surface area contributed by atoms with Crippen molar-refractivity contribution in [2.45, 2.75) is 13.8 Å². The Labute approximate surface area is 117 Å². The Bertz CT molecular complexity index is 558. The van der Waals surface area contributed by atoms with E-state index < -0.39 is 0 Å². The molecule has 0 fully saturated rings. The van der Waals surface area contributed by atoms with Gasteiger partial charge in [-0.25, -0.2) is 4.63 Å². The van der Waals surface area contributed by atoms with E-state index in [1.54, 1.807) is 6.21 Å². The zero-order chi connectivity index (χ0) is 14.4. The minimum Gasteiger partial charge on any atom is -0.378 e. The Morgan fingerprint density at radius 2 is 1.95 bits per heavy atom. The Morgan fingerprint density at radius 1 is 1.25 bits per heavy atom. The van der Waals surface area contributed by atoms with Crippen molar-refractivity contribution in [3.63, 3.8) is 0 Å². The van der Waals surface area contributed by atoms with Crippen LogP contribution in [0.1, 0.15) is 19.4 Å². The Hall–Kier alpha value is -2.57. The van der Waals surface area contributed by atoms with E-state index in [2.05, 4.69) is 56.3 Å². The van der Waals surface area contributed by atoms with Gasteiger partial charge >= 0.3 is 0 Å². The first-order valence-electron chi connectivity index (χ1n) is 6.46. The van der Waals surface area contributed by atoms with Gasteiger partial charge in [-0.3, -0.25) is 5.43 Å². The fraction of sp³-hybridized carbons (Fsp3) is 0.308. The second-order valence-electron chi connectivity index (χ2n) is 4.13. The van der Waals surface area contributed by atoms with E-state index >= 15 is 0 Å². The minimum absolute atomic E-state index is 0.180. The summed E-state index contributed by atoms with van der Waals surface area (Å²) in [6, 6.07) is 8.15. The number of benzene rings is 1. The van der Waals surface area contributed by atoms with Crippen LogP contribution in [0.4, 0.5) is 17.3 Å². The number of aromatic nitrogens is 2. The van der Waals surface area contributed by atoms with E-state index in [0.29, 0.717) is 5.82 Å². The second kappa shape index (κ2) is 6.55. The highest BCUT2D eigenvalue weighted by Gasteiger charge is 2.03. The first-order chi connectivity index (χ1) is 9.74. The number of hydrogen-bond donors (Lipinski definition) is 2. The van der Waals surface area contributed by atoms with Crippen molar-refractivity contribution in [1.29, 1.82) is 0 Å². The van der Waals surface area contributed by atoms with Crippen molar-refractivity contribution in [2.24, 2.45) is 5.10 Å². The molecule has 106 valence electrons. The summed E-state index contributed by atoms with van der Waals surface area (Å²) < 4.78 is 4.45. The number of nitrogens with one attached hydrogen (secondary N) is 1. The predicted octanol–water partition coefficient (Wildman–Crippen LogP) is 1.94. The topological polar surface area (TPSA) is 92.6 Å². The summed E-state index contributed by atoms with van der Waals surface area (Å²) >= 11 is 0. The first-order valence-corrected chi connectivity index (χ1v) is 6.46. The molecule has 0 atom stereocenters. The van der Waals surface area contributed by atoms with Gasteiger partial charge in [-0.15, -0.1) is 0 Å². The van der Waals surface area contributed by atoms with E-state index in [0.717, 1.165) is 18.7 Å². The Balaban J connectivity index is 1.98. The minimum atomic E-state index is 0.180. The molecule has 1 aromatic heterocycles. The third kappa shape index (κ3) is 3.25. The molecule has 2 aromatic rings. The number of hydrogen-bond acceptors (Lipinski definition) is 7. The molecule has 0 aliphatic carbocycles. The van der Waals surface area contributed by atoms with Crippen molar-refractivity contribution in [3.05, 3.63) is 29.8 Å². The molecule has 3 N–H and O–H groups in total. The summed E-state index contributed by atoms with van der Waals surface area (Å²) in [4.78, 5) is 2.28. The molecule has 1 heterocycles. The average molecular weight is 274 g/mol. The predicted molar refractivity (Wildman–Crippen MR) is 79.9 cm³/mol. The normalized spacial score (nSPS) is 10.9. The quantitative estimate of drug-likeness (QED) is 0.617. The van der Waals surface area contributed by atoms with Gasteiger partial charge in [0.1, 0.15) is 0 Å². The summed E-state index contributed by atoms with van der Waals surface area (Å²) in [6.45, 7) is 6.26. The molecule has 0 aliphatic rings. The van der Waals surface area contributed by atoms with Gasteiger partial charge < -0.3 is 10.6 Å². The number of rotatable bonds is 6. The summed E-state index contributed by atoms with van der Waals surface area (Å²) in [5, 5.41) is 11.0. The second-order valence-corrected chi connectivity index (χ2v) is 4.13. The molecule has 7 heteroatoms. The standard InChI is InChI=1S/C13H18N6O/c1-3-19(4-2)11-7-5-10(6-8-11)9-15-16-13-12(14)17-20-18-13/h5-9H,3-4H2,1-2H3,(H2,14,17)(H,16,18)/b15-9-. The molecule has 2 rings (SSSR count). The van der Waals surface area contributed by atoms with E-state index in [1.165, 1.54) is 5.69 Å². The number of nitrogen functional groups attached to an aromatic ring is 1. The zero-order valence-corrected chi connectivity index (χ0v) is 11.6. The van der Waals surface area contributed by atoms with Crippen molar-refractivity contribution in [2.75, 3.05) is 29.1 Å². The van der Waals surface area contributed by atoms with E-state index in [9.17, 15) is 0 Å². The molecule has 0 aliphatic heterocycles. The number of nitrogens with two attached hydrogens (primary N) is 1. The molecule has 0 saturated heterocycles. The van der Waals surface area contributed by atoms with Crippen molar-refractivity contribution in [1.82, 2.24) is 10.3 Å². The van der Waals surface area contributed by atoms with Crippen LogP contribution in [0.2, 0.25) is 0 Å². The molecule has 0 saturated carbocycles. The van der Waals surface area contributed by atoms with Crippen LogP contribution in [0.25, 0.3) is 0 Å². The molecule has 7 nitrogen and oxygen atoms in total. The van der Waals surface area contributed by atoms with Gasteiger partial charge in [0, 0.05) is 18.8 Å². The molecule has 0 amide bonds. The summed E-state index contributed by atoms with van der Waals surface area (Å²) in [5.74, 6) is 0.486. The molecular formula is C13H18N6O. The smallest absolute Gasteiger partial charge is 0.235 e. The van der Waals surface area contributed by atoms with Gasteiger partial charge in [-0.05, 0) is 41.9 Å². The lowest BCUT2D eigenvalue weighted by molar-refractivity contribution is 0.310. The van der Waals surface area contributed by atoms with Crippen LogP contribution in [-0.4, -0.2) is 29.6 Å². The van der Waals surface area contributed by atoms with Crippen LogP contribution >= 0.6 is 0 Å². The van der Waals surface area contributed by atoms with Crippen LogP contribution in [0.5, 0.6) is 0 Å². The van der Waals surface area contributed by atoms with E-state index in [1.807, 2.05) is 12.1 Å². The third-order valence-electron chi connectivity index (χ3n) is 2.92. The average Bonchev–Trinajstić information content (AvgIpc) is 2.87. The maximum Gasteiger partial charge on any atom is 0.235 e. The lowest BCUT2D eigenvalue weighted by Gasteiger charge is -2.20. The van der Waals surface area contributed by atoms with Gasteiger partial charge in [0.05, 0.1) is 6.21 Å². The van der Waals surface area contributed by atoms with Gasteiger partial charge in [0.15, 0.2) is 0 Å². The van der Waals surface area contributed by atoms with Crippen LogP contribution < -0.4 is 16.1 Å². The molecule has 0 spiro atoms. The molecule has 0 bridgehead atoms. The van der Waals surface area contributed by atoms with Gasteiger partial charge in [-0.1, -0.05) is 12.1 Å². The summed E-state index contributed by atoms with van der Waals surface area (Å²) in [6.07, 6.45) is 1.68. The highest BCUT2D eigenvalue weighted by atomic mass is 16.6. The fourth-order valence-corrected chi connectivity index (χ4v) is 1.80.